The second-order valence-corrected chi connectivity index (χ2v) is 7.39. The molecule has 1 aliphatic rings. The van der Waals surface area contributed by atoms with E-state index in [-0.39, 0.29) is 32.6 Å². The van der Waals surface area contributed by atoms with Crippen LogP contribution >= 0.6 is 23.2 Å². The van der Waals surface area contributed by atoms with Gasteiger partial charge in [0.1, 0.15) is 17.1 Å². The Balaban J connectivity index is 1.69. The van der Waals surface area contributed by atoms with E-state index in [0.717, 1.165) is 0 Å². The summed E-state index contributed by atoms with van der Waals surface area (Å²) in [4.78, 5) is 49.4. The Morgan fingerprint density at radius 2 is 1.78 bits per heavy atom. The van der Waals surface area contributed by atoms with Gasteiger partial charge < -0.3 is 14.3 Å². The predicted molar refractivity (Wildman–Crippen MR) is 114 cm³/mol. The summed E-state index contributed by atoms with van der Waals surface area (Å²) in [6.07, 6.45) is 1.17. The molecular formula is C22H11Cl2N2O6-. The number of imide groups is 2. The maximum absolute atomic E-state index is 13.0. The molecule has 1 N–H and O–H groups in total. The molecule has 0 aliphatic carbocycles. The standard InChI is InChI=1S/C22H12Cl2N2O6/c23-15-5-2-6-16(18(15)24)26-20(28)14(19(27)25-22(26)31)10-13-7-8-17(32-13)11-3-1-4-12(9-11)21(29)30/h1-10H,(H,29,30)(H,25,27,31)/p-1/b14-10-. The number of nitrogens with one attached hydrogen (secondary N) is 1. The number of carbonyl (C=O) groups excluding carboxylic acids is 4. The van der Waals surface area contributed by atoms with Crippen LogP contribution in [0, 0.1) is 0 Å². The zero-order valence-electron chi connectivity index (χ0n) is 15.9. The van der Waals surface area contributed by atoms with Crippen molar-refractivity contribution in [2.45, 2.75) is 0 Å². The normalized spacial score (nSPS) is 15.2. The maximum atomic E-state index is 13.0. The zero-order valence-corrected chi connectivity index (χ0v) is 17.4. The van der Waals surface area contributed by atoms with Crippen molar-refractivity contribution in [3.8, 4) is 11.3 Å². The second kappa shape index (κ2) is 8.33. The van der Waals surface area contributed by atoms with Crippen molar-refractivity contribution in [2.75, 3.05) is 4.90 Å². The first-order chi connectivity index (χ1) is 15.3. The maximum Gasteiger partial charge on any atom is 0.336 e. The second-order valence-electron chi connectivity index (χ2n) is 6.60. The molecule has 2 heterocycles. The van der Waals surface area contributed by atoms with Crippen LogP contribution in [0.3, 0.4) is 0 Å². The lowest BCUT2D eigenvalue weighted by atomic mass is 10.1. The fourth-order valence-electron chi connectivity index (χ4n) is 3.07. The van der Waals surface area contributed by atoms with Gasteiger partial charge in [0, 0.05) is 5.56 Å². The summed E-state index contributed by atoms with van der Waals surface area (Å²) < 4.78 is 5.64. The Morgan fingerprint density at radius 3 is 2.53 bits per heavy atom. The number of nitrogens with zero attached hydrogens (tertiary/aromatic N) is 1. The first-order valence-corrected chi connectivity index (χ1v) is 9.79. The zero-order chi connectivity index (χ0) is 23.0. The van der Waals surface area contributed by atoms with Crippen molar-refractivity contribution in [2.24, 2.45) is 0 Å². The highest BCUT2D eigenvalue weighted by Gasteiger charge is 2.38. The van der Waals surface area contributed by atoms with Crippen molar-refractivity contribution in [3.05, 3.63) is 81.5 Å². The summed E-state index contributed by atoms with van der Waals surface area (Å²) in [6.45, 7) is 0. The number of furan rings is 1. The minimum absolute atomic E-state index is 0.0132. The summed E-state index contributed by atoms with van der Waals surface area (Å²) in [7, 11) is 0. The van der Waals surface area contributed by atoms with E-state index in [1.165, 1.54) is 48.5 Å². The number of hydrogen-bond donors (Lipinski definition) is 1. The molecule has 0 saturated carbocycles. The highest BCUT2D eigenvalue weighted by molar-refractivity contribution is 6.46. The molecule has 0 atom stereocenters. The number of carbonyl (C=O) groups is 4. The minimum atomic E-state index is -1.34. The van der Waals surface area contributed by atoms with E-state index in [0.29, 0.717) is 16.2 Å². The molecule has 10 heteroatoms. The lowest BCUT2D eigenvalue weighted by molar-refractivity contribution is -0.255. The van der Waals surface area contributed by atoms with Gasteiger partial charge in [-0.15, -0.1) is 0 Å². The highest BCUT2D eigenvalue weighted by atomic mass is 35.5. The topological polar surface area (TPSA) is 120 Å². The van der Waals surface area contributed by atoms with Crippen molar-refractivity contribution in [1.82, 2.24) is 5.32 Å². The number of urea groups is 1. The van der Waals surface area contributed by atoms with Crippen LogP contribution in [0.5, 0.6) is 0 Å². The fourth-order valence-corrected chi connectivity index (χ4v) is 3.45. The first kappa shape index (κ1) is 21.4. The van der Waals surface area contributed by atoms with Gasteiger partial charge >= 0.3 is 6.03 Å². The molecule has 3 aromatic rings. The van der Waals surface area contributed by atoms with E-state index in [1.54, 1.807) is 12.1 Å². The number of carboxylic acid groups (broad SMARTS) is 1. The average molecular weight is 470 g/mol. The van der Waals surface area contributed by atoms with Crippen LogP contribution in [0.2, 0.25) is 10.0 Å². The quantitative estimate of drug-likeness (QED) is 0.462. The van der Waals surface area contributed by atoms with E-state index in [9.17, 15) is 24.3 Å². The van der Waals surface area contributed by atoms with Gasteiger partial charge in [-0.05, 0) is 42.0 Å². The van der Waals surface area contributed by atoms with E-state index < -0.39 is 23.8 Å². The summed E-state index contributed by atoms with van der Waals surface area (Å²) in [5, 5.41) is 13.2. The number of barbiturate groups is 1. The van der Waals surface area contributed by atoms with Gasteiger partial charge in [-0.25, -0.2) is 9.69 Å². The Kier molecular flexibility index (Phi) is 5.56. The Morgan fingerprint density at radius 1 is 1.03 bits per heavy atom. The molecule has 0 radical (unpaired) electrons. The third kappa shape index (κ3) is 3.89. The minimum Gasteiger partial charge on any atom is -0.545 e. The molecule has 0 unspecified atom stereocenters. The third-order valence-electron chi connectivity index (χ3n) is 4.57. The van der Waals surface area contributed by atoms with Gasteiger partial charge in [-0.2, -0.15) is 0 Å². The van der Waals surface area contributed by atoms with Crippen LogP contribution in [-0.4, -0.2) is 23.8 Å². The molecule has 4 rings (SSSR count). The molecular weight excluding hydrogens is 459 g/mol. The molecule has 0 spiro atoms. The molecule has 1 saturated heterocycles. The monoisotopic (exact) mass is 469 g/mol. The van der Waals surface area contributed by atoms with Gasteiger partial charge in [-0.1, -0.05) is 47.5 Å². The molecule has 0 bridgehead atoms. The van der Waals surface area contributed by atoms with E-state index in [2.05, 4.69) is 5.32 Å². The van der Waals surface area contributed by atoms with Gasteiger partial charge in [0.25, 0.3) is 11.8 Å². The Hall–Kier alpha value is -3.88. The van der Waals surface area contributed by atoms with Gasteiger partial charge in [0.2, 0.25) is 0 Å². The number of carboxylic acids is 1. The highest BCUT2D eigenvalue weighted by Crippen LogP contribution is 2.34. The van der Waals surface area contributed by atoms with Crippen LogP contribution in [0.4, 0.5) is 10.5 Å². The van der Waals surface area contributed by atoms with Crippen LogP contribution < -0.4 is 15.3 Å². The molecule has 1 aliphatic heterocycles. The average Bonchev–Trinajstić information content (AvgIpc) is 3.23. The first-order valence-electron chi connectivity index (χ1n) is 9.03. The van der Waals surface area contributed by atoms with Crippen molar-refractivity contribution in [3.63, 3.8) is 0 Å². The number of benzene rings is 2. The molecule has 1 fully saturated rings. The molecule has 32 heavy (non-hydrogen) atoms. The van der Waals surface area contributed by atoms with Crippen molar-refractivity contribution in [1.29, 1.82) is 0 Å². The summed E-state index contributed by atoms with van der Waals surface area (Å²) in [5.41, 5.74) is 0.0656. The van der Waals surface area contributed by atoms with Crippen LogP contribution in [0.1, 0.15) is 16.1 Å². The van der Waals surface area contributed by atoms with Crippen molar-refractivity contribution < 1.29 is 28.7 Å². The number of halogens is 2. The lowest BCUT2D eigenvalue weighted by Crippen LogP contribution is -2.54. The molecule has 160 valence electrons. The van der Waals surface area contributed by atoms with Crippen LogP contribution in [-0.2, 0) is 9.59 Å². The number of anilines is 1. The van der Waals surface area contributed by atoms with Crippen LogP contribution in [0.15, 0.2) is 64.6 Å². The van der Waals surface area contributed by atoms with Gasteiger partial charge in [0.05, 0.1) is 21.7 Å². The largest absolute Gasteiger partial charge is 0.545 e. The summed E-state index contributed by atoms with van der Waals surface area (Å²) in [5.74, 6) is -2.74. The Bertz CT molecular complexity index is 1330. The molecule has 8 nitrogen and oxygen atoms in total. The molecule has 1 aromatic heterocycles. The van der Waals surface area contributed by atoms with E-state index >= 15 is 0 Å². The number of amides is 4. The Labute approximate surface area is 190 Å². The van der Waals surface area contributed by atoms with Gasteiger partial charge in [-0.3, -0.25) is 14.9 Å². The summed E-state index contributed by atoms with van der Waals surface area (Å²) >= 11 is 12.1. The third-order valence-corrected chi connectivity index (χ3v) is 5.38. The summed E-state index contributed by atoms with van der Waals surface area (Å²) in [6, 6.07) is 12.4. The van der Waals surface area contributed by atoms with Crippen molar-refractivity contribution >= 4 is 58.8 Å². The van der Waals surface area contributed by atoms with Gasteiger partial charge in [0.15, 0.2) is 0 Å². The molecule has 2 aromatic carbocycles. The van der Waals surface area contributed by atoms with Crippen LogP contribution in [0.25, 0.3) is 17.4 Å². The lowest BCUT2D eigenvalue weighted by Gasteiger charge is -2.27. The number of hydrogen-bond acceptors (Lipinski definition) is 6. The predicted octanol–water partition coefficient (Wildman–Crippen LogP) is 3.28. The fraction of sp³-hybridized carbons (Fsp3) is 0. The number of aromatic carboxylic acids is 1. The van der Waals surface area contributed by atoms with E-state index in [1.807, 2.05) is 0 Å². The van der Waals surface area contributed by atoms with E-state index in [4.69, 9.17) is 27.6 Å². The smallest absolute Gasteiger partial charge is 0.336 e. The molecule has 4 amide bonds. The number of rotatable bonds is 4. The SMILES string of the molecule is O=C1NC(=O)N(c2cccc(Cl)c2Cl)C(=O)/C1=C\c1ccc(-c2cccc(C(=O)[O-])c2)o1.